The van der Waals surface area contributed by atoms with E-state index in [0.717, 1.165) is 37.5 Å². The fraction of sp³-hybridized carbons (Fsp3) is 0.700. The molecule has 0 bridgehead atoms. The van der Waals surface area contributed by atoms with Crippen molar-refractivity contribution >= 4 is 22.9 Å². The van der Waals surface area contributed by atoms with Gasteiger partial charge >= 0.3 is 0 Å². The molecular weight excluding hydrogens is 216 g/mol. The minimum atomic E-state index is 0.761. The van der Waals surface area contributed by atoms with E-state index in [0.29, 0.717) is 0 Å². The number of aryl methyl sites for hydroxylation is 2. The van der Waals surface area contributed by atoms with Crippen molar-refractivity contribution in [2.45, 2.75) is 33.2 Å². The van der Waals surface area contributed by atoms with Crippen LogP contribution in [0.25, 0.3) is 0 Å². The molecule has 0 aliphatic rings. The van der Waals surface area contributed by atoms with E-state index in [9.17, 15) is 0 Å². The van der Waals surface area contributed by atoms with E-state index in [1.165, 1.54) is 9.88 Å². The van der Waals surface area contributed by atoms with Crippen LogP contribution in [0.4, 0.5) is 0 Å². The fourth-order valence-corrected chi connectivity index (χ4v) is 2.25. The highest BCUT2D eigenvalue weighted by molar-refractivity contribution is 7.11. The van der Waals surface area contributed by atoms with Crippen molar-refractivity contribution in [3.8, 4) is 0 Å². The van der Waals surface area contributed by atoms with Crippen LogP contribution in [0.2, 0.25) is 0 Å². The third-order valence-electron chi connectivity index (χ3n) is 2.09. The maximum Gasteiger partial charge on any atom is 0.107 e. The molecule has 0 unspecified atom stereocenters. The van der Waals surface area contributed by atoms with Gasteiger partial charge in [0.05, 0.1) is 5.69 Å². The van der Waals surface area contributed by atoms with Gasteiger partial charge in [-0.15, -0.1) is 22.9 Å². The Morgan fingerprint density at radius 1 is 1.36 bits per heavy atom. The zero-order valence-corrected chi connectivity index (χ0v) is 10.3. The first-order chi connectivity index (χ1) is 6.74. The summed E-state index contributed by atoms with van der Waals surface area (Å²) in [5.74, 6) is 0.761. The Labute approximate surface area is 94.7 Å². The number of rotatable bonds is 6. The van der Waals surface area contributed by atoms with Gasteiger partial charge in [-0.25, -0.2) is 4.98 Å². The highest BCUT2D eigenvalue weighted by Crippen LogP contribution is 2.15. The first-order valence-electron chi connectivity index (χ1n) is 4.93. The lowest BCUT2D eigenvalue weighted by Gasteiger charge is -2.00. The molecule has 0 aliphatic heterocycles. The monoisotopic (exact) mass is 232 g/mol. The maximum atomic E-state index is 5.58. The molecule has 1 heterocycles. The lowest BCUT2D eigenvalue weighted by atomic mass is 10.3. The summed E-state index contributed by atoms with van der Waals surface area (Å²) in [7, 11) is 0. The van der Waals surface area contributed by atoms with Crippen LogP contribution in [0.15, 0.2) is 0 Å². The molecule has 1 aromatic rings. The minimum absolute atomic E-state index is 0.761. The molecule has 80 valence electrons. The molecule has 4 heteroatoms. The second-order valence-corrected chi connectivity index (χ2v) is 4.99. The number of hydrogen-bond donors (Lipinski definition) is 1. The van der Waals surface area contributed by atoms with E-state index in [-0.39, 0.29) is 0 Å². The summed E-state index contributed by atoms with van der Waals surface area (Å²) >= 11 is 7.36. The molecule has 0 spiro atoms. The van der Waals surface area contributed by atoms with Crippen molar-refractivity contribution < 1.29 is 0 Å². The minimum Gasteiger partial charge on any atom is -0.310 e. The SMILES string of the molecule is Cc1nc(CNCCCCCl)sc1C. The van der Waals surface area contributed by atoms with E-state index in [1.54, 1.807) is 11.3 Å². The average Bonchev–Trinajstić information content (AvgIpc) is 2.46. The molecule has 1 aromatic heterocycles. The zero-order chi connectivity index (χ0) is 10.4. The van der Waals surface area contributed by atoms with E-state index in [2.05, 4.69) is 24.1 Å². The fourth-order valence-electron chi connectivity index (χ4n) is 1.15. The van der Waals surface area contributed by atoms with E-state index >= 15 is 0 Å². The number of hydrogen-bond acceptors (Lipinski definition) is 3. The van der Waals surface area contributed by atoms with Gasteiger partial charge in [-0.2, -0.15) is 0 Å². The van der Waals surface area contributed by atoms with E-state index in [1.807, 2.05) is 0 Å². The van der Waals surface area contributed by atoms with Crippen molar-refractivity contribution in [3.05, 3.63) is 15.6 Å². The molecule has 2 nitrogen and oxygen atoms in total. The van der Waals surface area contributed by atoms with Crippen molar-refractivity contribution in [3.63, 3.8) is 0 Å². The molecule has 1 N–H and O–H groups in total. The Balaban J connectivity index is 2.18. The van der Waals surface area contributed by atoms with Crippen LogP contribution in [-0.2, 0) is 6.54 Å². The molecule has 0 saturated heterocycles. The highest BCUT2D eigenvalue weighted by atomic mass is 35.5. The van der Waals surface area contributed by atoms with Crippen LogP contribution in [-0.4, -0.2) is 17.4 Å². The second-order valence-electron chi connectivity index (χ2n) is 3.32. The predicted molar refractivity (Wildman–Crippen MR) is 63.2 cm³/mol. The Kier molecular flexibility index (Phi) is 5.45. The smallest absolute Gasteiger partial charge is 0.107 e. The third kappa shape index (κ3) is 3.95. The number of thiazole rings is 1. The lowest BCUT2D eigenvalue weighted by Crippen LogP contribution is -2.14. The van der Waals surface area contributed by atoms with Crippen LogP contribution in [0.1, 0.15) is 28.4 Å². The van der Waals surface area contributed by atoms with Crippen LogP contribution >= 0.6 is 22.9 Å². The second kappa shape index (κ2) is 6.38. The van der Waals surface area contributed by atoms with Gasteiger partial charge in [0.2, 0.25) is 0 Å². The summed E-state index contributed by atoms with van der Waals surface area (Å²) in [6, 6.07) is 0. The lowest BCUT2D eigenvalue weighted by molar-refractivity contribution is 0.640. The quantitative estimate of drug-likeness (QED) is 0.603. The van der Waals surface area contributed by atoms with Gasteiger partial charge in [0.1, 0.15) is 5.01 Å². The van der Waals surface area contributed by atoms with Crippen molar-refractivity contribution in [2.75, 3.05) is 12.4 Å². The van der Waals surface area contributed by atoms with Gasteiger partial charge in [0.25, 0.3) is 0 Å². The van der Waals surface area contributed by atoms with Crippen molar-refractivity contribution in [1.29, 1.82) is 0 Å². The van der Waals surface area contributed by atoms with E-state index in [4.69, 9.17) is 11.6 Å². The van der Waals surface area contributed by atoms with Crippen molar-refractivity contribution in [1.82, 2.24) is 10.3 Å². The summed E-state index contributed by atoms with van der Waals surface area (Å²) in [4.78, 5) is 5.78. The zero-order valence-electron chi connectivity index (χ0n) is 8.77. The van der Waals surface area contributed by atoms with E-state index < -0.39 is 0 Å². The number of nitrogens with zero attached hydrogens (tertiary/aromatic N) is 1. The Morgan fingerprint density at radius 3 is 2.71 bits per heavy atom. The summed E-state index contributed by atoms with van der Waals surface area (Å²) < 4.78 is 0. The Bertz CT molecular complexity index is 254. The average molecular weight is 233 g/mol. The molecule has 0 amide bonds. The van der Waals surface area contributed by atoms with Crippen LogP contribution in [0.5, 0.6) is 0 Å². The predicted octanol–water partition coefficient (Wildman–Crippen LogP) is 2.87. The van der Waals surface area contributed by atoms with Crippen LogP contribution in [0, 0.1) is 13.8 Å². The van der Waals surface area contributed by atoms with Gasteiger partial charge in [-0.3, -0.25) is 0 Å². The van der Waals surface area contributed by atoms with Crippen LogP contribution in [0.3, 0.4) is 0 Å². The number of unbranched alkanes of at least 4 members (excludes halogenated alkanes) is 1. The maximum absolute atomic E-state index is 5.58. The molecule has 0 fully saturated rings. The number of alkyl halides is 1. The Hall–Kier alpha value is -0.120. The molecule has 0 saturated carbocycles. The Morgan fingerprint density at radius 2 is 2.14 bits per heavy atom. The summed E-state index contributed by atoms with van der Waals surface area (Å²) in [5.41, 5.74) is 1.16. The first kappa shape index (κ1) is 12.0. The molecule has 0 aromatic carbocycles. The van der Waals surface area contributed by atoms with Gasteiger partial charge < -0.3 is 5.32 Å². The standard InChI is InChI=1S/C10H17ClN2S/c1-8-9(2)14-10(13-8)7-12-6-4-3-5-11/h12H,3-7H2,1-2H3. The van der Waals surface area contributed by atoms with Gasteiger partial charge in [-0.05, 0) is 33.2 Å². The van der Waals surface area contributed by atoms with Gasteiger partial charge in [-0.1, -0.05) is 0 Å². The topological polar surface area (TPSA) is 24.9 Å². The van der Waals surface area contributed by atoms with Crippen LogP contribution < -0.4 is 5.32 Å². The van der Waals surface area contributed by atoms with Gasteiger partial charge in [0.15, 0.2) is 0 Å². The summed E-state index contributed by atoms with van der Waals surface area (Å²) in [6.07, 6.45) is 2.23. The largest absolute Gasteiger partial charge is 0.310 e. The third-order valence-corrected chi connectivity index (χ3v) is 3.43. The molecule has 0 aliphatic carbocycles. The number of nitrogens with one attached hydrogen (secondary N) is 1. The normalized spacial score (nSPS) is 10.8. The highest BCUT2D eigenvalue weighted by Gasteiger charge is 2.01. The molecule has 14 heavy (non-hydrogen) atoms. The summed E-state index contributed by atoms with van der Waals surface area (Å²) in [5, 5.41) is 4.55. The molecule has 0 radical (unpaired) electrons. The molecular formula is C10H17ClN2S. The van der Waals surface area contributed by atoms with Gasteiger partial charge in [0, 0.05) is 17.3 Å². The summed E-state index contributed by atoms with van der Waals surface area (Å²) in [6.45, 7) is 6.10. The molecule has 1 rings (SSSR count). The first-order valence-corrected chi connectivity index (χ1v) is 6.28. The number of halogens is 1. The number of aromatic nitrogens is 1. The molecule has 0 atom stereocenters. The van der Waals surface area contributed by atoms with Crippen molar-refractivity contribution in [2.24, 2.45) is 0 Å².